The molecule has 114 valence electrons. The van der Waals surface area contributed by atoms with Gasteiger partial charge in [0.25, 0.3) is 0 Å². The van der Waals surface area contributed by atoms with Gasteiger partial charge in [0, 0.05) is 17.3 Å². The number of ether oxygens (including phenoxy) is 1. The Morgan fingerprint density at radius 1 is 1.27 bits per heavy atom. The predicted molar refractivity (Wildman–Crippen MR) is 89.1 cm³/mol. The number of hydrogen-bond acceptors (Lipinski definition) is 2. The summed E-state index contributed by atoms with van der Waals surface area (Å²) in [7, 11) is 1.56. The van der Waals surface area contributed by atoms with Gasteiger partial charge in [-0.05, 0) is 42.7 Å². The highest BCUT2D eigenvalue weighted by Crippen LogP contribution is 2.30. The van der Waals surface area contributed by atoms with Crippen molar-refractivity contribution >= 4 is 29.0 Å². The van der Waals surface area contributed by atoms with Crippen LogP contribution in [0.5, 0.6) is 5.75 Å². The van der Waals surface area contributed by atoms with Gasteiger partial charge in [-0.1, -0.05) is 29.8 Å². The molecule has 0 saturated carbocycles. The van der Waals surface area contributed by atoms with Gasteiger partial charge in [-0.15, -0.1) is 0 Å². The topological polar surface area (TPSA) is 41.6 Å². The van der Waals surface area contributed by atoms with Crippen molar-refractivity contribution in [3.8, 4) is 5.75 Å². The Morgan fingerprint density at radius 3 is 2.91 bits per heavy atom. The number of fused-ring (bicyclic) bond motifs is 1. The van der Waals surface area contributed by atoms with E-state index in [1.165, 1.54) is 5.56 Å². The fourth-order valence-electron chi connectivity index (χ4n) is 2.71. The van der Waals surface area contributed by atoms with Gasteiger partial charge in [0.1, 0.15) is 5.75 Å². The van der Waals surface area contributed by atoms with E-state index in [2.05, 4.69) is 11.4 Å². The number of carbonyl (C=O) groups is 1. The van der Waals surface area contributed by atoms with Crippen LogP contribution >= 0.6 is 11.6 Å². The number of anilines is 2. The number of amides is 2. The Kier molecular flexibility index (Phi) is 4.20. The molecular formula is C17H17ClN2O2. The van der Waals surface area contributed by atoms with Gasteiger partial charge in [-0.2, -0.15) is 0 Å². The predicted octanol–water partition coefficient (Wildman–Crippen LogP) is 4.33. The van der Waals surface area contributed by atoms with E-state index in [4.69, 9.17) is 16.3 Å². The number of benzene rings is 2. The number of urea groups is 1. The van der Waals surface area contributed by atoms with E-state index >= 15 is 0 Å². The molecule has 0 bridgehead atoms. The van der Waals surface area contributed by atoms with Crippen molar-refractivity contribution < 1.29 is 9.53 Å². The second-order valence-electron chi connectivity index (χ2n) is 5.16. The number of carbonyl (C=O) groups excluding carboxylic acids is 1. The summed E-state index contributed by atoms with van der Waals surface area (Å²) in [5.41, 5.74) is 2.73. The third-order valence-electron chi connectivity index (χ3n) is 3.76. The van der Waals surface area contributed by atoms with E-state index in [1.54, 1.807) is 30.2 Å². The average Bonchev–Trinajstić information content (AvgIpc) is 2.54. The number of hydrogen-bond donors (Lipinski definition) is 1. The molecule has 1 heterocycles. The largest absolute Gasteiger partial charge is 0.495 e. The molecule has 0 aromatic heterocycles. The number of aryl methyl sites for hydroxylation is 1. The second-order valence-corrected chi connectivity index (χ2v) is 5.60. The van der Waals surface area contributed by atoms with Crippen LogP contribution in [0.3, 0.4) is 0 Å². The van der Waals surface area contributed by atoms with Gasteiger partial charge in [0.05, 0.1) is 12.8 Å². The van der Waals surface area contributed by atoms with Gasteiger partial charge in [-0.25, -0.2) is 4.79 Å². The van der Waals surface area contributed by atoms with Crippen LogP contribution in [0.4, 0.5) is 16.2 Å². The fraction of sp³-hybridized carbons (Fsp3) is 0.235. The van der Waals surface area contributed by atoms with Crippen molar-refractivity contribution in [2.24, 2.45) is 0 Å². The molecule has 1 aliphatic heterocycles. The number of methoxy groups -OCH3 is 1. The number of nitrogens with zero attached hydrogens (tertiary/aromatic N) is 1. The van der Waals surface area contributed by atoms with Gasteiger partial charge < -0.3 is 10.1 Å². The molecule has 0 unspecified atom stereocenters. The summed E-state index contributed by atoms with van der Waals surface area (Å²) in [6, 6.07) is 13.0. The van der Waals surface area contributed by atoms with Crippen molar-refractivity contribution in [2.75, 3.05) is 23.9 Å². The highest BCUT2D eigenvalue weighted by Gasteiger charge is 2.22. The highest BCUT2D eigenvalue weighted by molar-refractivity contribution is 6.31. The minimum Gasteiger partial charge on any atom is -0.495 e. The van der Waals surface area contributed by atoms with Crippen LogP contribution in [0.2, 0.25) is 5.02 Å². The maximum absolute atomic E-state index is 12.6. The summed E-state index contributed by atoms with van der Waals surface area (Å²) in [6.45, 7) is 0.700. The van der Waals surface area contributed by atoms with Crippen molar-refractivity contribution in [1.82, 2.24) is 0 Å². The van der Waals surface area contributed by atoms with Crippen molar-refractivity contribution in [1.29, 1.82) is 0 Å². The van der Waals surface area contributed by atoms with Crippen molar-refractivity contribution in [2.45, 2.75) is 12.8 Å². The Balaban J connectivity index is 1.86. The monoisotopic (exact) mass is 316 g/mol. The summed E-state index contributed by atoms with van der Waals surface area (Å²) in [4.78, 5) is 14.4. The fourth-order valence-corrected chi connectivity index (χ4v) is 2.88. The lowest BCUT2D eigenvalue weighted by molar-refractivity contribution is 0.256. The van der Waals surface area contributed by atoms with Crippen LogP contribution in [0.15, 0.2) is 42.5 Å². The lowest BCUT2D eigenvalue weighted by Crippen LogP contribution is -2.38. The average molecular weight is 317 g/mol. The van der Waals surface area contributed by atoms with E-state index in [0.29, 0.717) is 23.0 Å². The SMILES string of the molecule is COc1ccc(Cl)cc1NC(=O)N1CCCc2ccccc21. The Hall–Kier alpha value is -2.20. The highest BCUT2D eigenvalue weighted by atomic mass is 35.5. The van der Waals surface area contributed by atoms with Crippen LogP contribution in [0, 0.1) is 0 Å². The first-order valence-corrected chi connectivity index (χ1v) is 7.57. The molecule has 1 aliphatic rings. The van der Waals surface area contributed by atoms with Gasteiger partial charge in [0.15, 0.2) is 0 Å². The number of rotatable bonds is 2. The molecule has 2 amide bonds. The van der Waals surface area contributed by atoms with Crippen LogP contribution in [0.25, 0.3) is 0 Å². The zero-order valence-electron chi connectivity index (χ0n) is 12.3. The van der Waals surface area contributed by atoms with E-state index < -0.39 is 0 Å². The third-order valence-corrected chi connectivity index (χ3v) is 3.99. The molecule has 5 heteroatoms. The lowest BCUT2D eigenvalue weighted by atomic mass is 10.0. The minimum atomic E-state index is -0.173. The first-order valence-electron chi connectivity index (χ1n) is 7.19. The normalized spacial score (nSPS) is 13.5. The number of para-hydroxylation sites is 1. The molecule has 0 saturated heterocycles. The maximum Gasteiger partial charge on any atom is 0.326 e. The summed E-state index contributed by atoms with van der Waals surface area (Å²) in [5, 5.41) is 3.44. The molecule has 0 spiro atoms. The molecule has 2 aromatic carbocycles. The maximum atomic E-state index is 12.6. The Labute approximate surface area is 134 Å². The smallest absolute Gasteiger partial charge is 0.326 e. The Morgan fingerprint density at radius 2 is 2.09 bits per heavy atom. The molecule has 0 aliphatic carbocycles. The van der Waals surface area contributed by atoms with Crippen LogP contribution in [0.1, 0.15) is 12.0 Å². The third kappa shape index (κ3) is 2.88. The van der Waals surface area contributed by atoms with Crippen LogP contribution < -0.4 is 15.0 Å². The van der Waals surface area contributed by atoms with Crippen LogP contribution in [-0.2, 0) is 6.42 Å². The van der Waals surface area contributed by atoms with Crippen molar-refractivity contribution in [3.05, 3.63) is 53.1 Å². The van der Waals surface area contributed by atoms with E-state index in [1.807, 2.05) is 18.2 Å². The number of nitrogens with one attached hydrogen (secondary N) is 1. The summed E-state index contributed by atoms with van der Waals surface area (Å²) in [6.07, 6.45) is 1.96. The van der Waals surface area contributed by atoms with E-state index in [0.717, 1.165) is 18.5 Å². The molecule has 0 radical (unpaired) electrons. The first-order chi connectivity index (χ1) is 10.7. The molecule has 4 nitrogen and oxygen atoms in total. The molecule has 1 N–H and O–H groups in total. The minimum absolute atomic E-state index is 0.173. The molecule has 2 aromatic rings. The first kappa shape index (κ1) is 14.7. The van der Waals surface area contributed by atoms with E-state index in [-0.39, 0.29) is 6.03 Å². The molecule has 3 rings (SSSR count). The van der Waals surface area contributed by atoms with Gasteiger partial charge in [-0.3, -0.25) is 4.90 Å². The van der Waals surface area contributed by atoms with Gasteiger partial charge >= 0.3 is 6.03 Å². The summed E-state index contributed by atoms with van der Waals surface area (Å²) < 4.78 is 5.27. The lowest BCUT2D eigenvalue weighted by Gasteiger charge is -2.29. The van der Waals surface area contributed by atoms with E-state index in [9.17, 15) is 4.79 Å². The summed E-state index contributed by atoms with van der Waals surface area (Å²) in [5.74, 6) is 0.586. The zero-order valence-corrected chi connectivity index (χ0v) is 13.1. The zero-order chi connectivity index (χ0) is 15.5. The second kappa shape index (κ2) is 6.28. The molecular weight excluding hydrogens is 300 g/mol. The molecule has 0 atom stereocenters. The van der Waals surface area contributed by atoms with Crippen LogP contribution in [-0.4, -0.2) is 19.7 Å². The van der Waals surface area contributed by atoms with Crippen molar-refractivity contribution in [3.63, 3.8) is 0 Å². The molecule has 22 heavy (non-hydrogen) atoms. The van der Waals surface area contributed by atoms with Gasteiger partial charge in [0.2, 0.25) is 0 Å². The summed E-state index contributed by atoms with van der Waals surface area (Å²) >= 11 is 6.00. The standard InChI is InChI=1S/C17H17ClN2O2/c1-22-16-9-8-13(18)11-14(16)19-17(21)20-10-4-6-12-5-2-3-7-15(12)20/h2-3,5,7-9,11H,4,6,10H2,1H3,(H,19,21). The number of halogens is 1. The Bertz CT molecular complexity index is 703. The quantitative estimate of drug-likeness (QED) is 0.895. The molecule has 0 fully saturated rings.